The molecule has 0 spiro atoms. The molecular formula is C22H28ClN3O6S. The number of hydrogen-bond donors (Lipinski definition) is 4. The number of benzene rings is 2. The Labute approximate surface area is 198 Å². The number of aliphatic hydroxyl groups is 1. The van der Waals surface area contributed by atoms with Crippen molar-refractivity contribution in [2.45, 2.75) is 42.4 Å². The molecule has 11 heteroatoms. The third-order valence-corrected chi connectivity index (χ3v) is 7.08. The highest BCUT2D eigenvalue weighted by Gasteiger charge is 2.32. The summed E-state index contributed by atoms with van der Waals surface area (Å²) in [4.78, 5) is 12.6. The fourth-order valence-electron chi connectivity index (χ4n) is 3.64. The third-order valence-electron chi connectivity index (χ3n) is 5.35. The first-order chi connectivity index (χ1) is 15.8. The molecule has 2 amide bonds. The van der Waals surface area contributed by atoms with E-state index in [1.54, 1.807) is 24.3 Å². The van der Waals surface area contributed by atoms with E-state index < -0.39 is 22.2 Å². The normalized spacial score (nSPS) is 20.8. The summed E-state index contributed by atoms with van der Waals surface area (Å²) in [6.07, 6.45) is 0.784. The van der Waals surface area contributed by atoms with E-state index in [0.717, 1.165) is 0 Å². The minimum absolute atomic E-state index is 0.134. The quantitative estimate of drug-likeness (QED) is 0.422. The number of sulfonamides is 1. The summed E-state index contributed by atoms with van der Waals surface area (Å²) in [5, 5.41) is 15.8. The minimum atomic E-state index is -3.65. The van der Waals surface area contributed by atoms with Crippen LogP contribution in [0.15, 0.2) is 53.4 Å². The van der Waals surface area contributed by atoms with Gasteiger partial charge >= 0.3 is 6.03 Å². The van der Waals surface area contributed by atoms with E-state index in [0.29, 0.717) is 35.7 Å². The summed E-state index contributed by atoms with van der Waals surface area (Å²) in [7, 11) is -2.13. The Morgan fingerprint density at radius 2 is 1.91 bits per heavy atom. The Morgan fingerprint density at radius 3 is 2.61 bits per heavy atom. The number of urea groups is 1. The van der Waals surface area contributed by atoms with Crippen LogP contribution in [-0.4, -0.2) is 58.1 Å². The molecule has 0 saturated carbocycles. The summed E-state index contributed by atoms with van der Waals surface area (Å²) in [5.41, 5.74) is 0.528. The Kier molecular flexibility index (Phi) is 8.93. The average molecular weight is 498 g/mol. The molecule has 9 nitrogen and oxygen atoms in total. The zero-order chi connectivity index (χ0) is 23.8. The molecule has 180 valence electrons. The monoisotopic (exact) mass is 497 g/mol. The van der Waals surface area contributed by atoms with Crippen molar-refractivity contribution in [3.63, 3.8) is 0 Å². The number of amides is 2. The van der Waals surface area contributed by atoms with Crippen LogP contribution >= 0.6 is 11.6 Å². The molecule has 3 rings (SSSR count). The first kappa shape index (κ1) is 25.3. The lowest BCUT2D eigenvalue weighted by molar-refractivity contribution is -0.0884. The summed E-state index contributed by atoms with van der Waals surface area (Å²) >= 11 is 5.80. The molecule has 0 radical (unpaired) electrons. The largest absolute Gasteiger partial charge is 0.495 e. The van der Waals surface area contributed by atoms with Gasteiger partial charge in [0.05, 0.1) is 36.4 Å². The Bertz CT molecular complexity index is 1030. The van der Waals surface area contributed by atoms with Gasteiger partial charge in [0.25, 0.3) is 0 Å². The molecule has 1 aliphatic heterocycles. The molecule has 1 saturated heterocycles. The van der Waals surface area contributed by atoms with Gasteiger partial charge in [-0.15, -0.1) is 0 Å². The number of halogens is 1. The molecule has 1 aliphatic rings. The first-order valence-electron chi connectivity index (χ1n) is 10.5. The minimum Gasteiger partial charge on any atom is -0.495 e. The van der Waals surface area contributed by atoms with Gasteiger partial charge in [-0.1, -0.05) is 23.7 Å². The molecule has 4 N–H and O–H groups in total. The van der Waals surface area contributed by atoms with Gasteiger partial charge < -0.3 is 25.2 Å². The first-order valence-corrected chi connectivity index (χ1v) is 12.4. The van der Waals surface area contributed by atoms with Crippen molar-refractivity contribution in [3.05, 3.63) is 53.6 Å². The molecule has 0 bridgehead atoms. The van der Waals surface area contributed by atoms with Gasteiger partial charge in [-0.25, -0.2) is 17.9 Å². The maximum Gasteiger partial charge on any atom is 0.319 e. The van der Waals surface area contributed by atoms with Crippen LogP contribution in [0.5, 0.6) is 5.75 Å². The molecule has 0 aliphatic carbocycles. The molecule has 1 heterocycles. The number of hydrogen-bond acceptors (Lipinski definition) is 6. The van der Waals surface area contributed by atoms with Crippen molar-refractivity contribution < 1.29 is 27.8 Å². The standard InChI is InChI=1S/C22H28ClN3O6S/c1-31-20-5-3-2-4-18(20)25-22(28)26-19-11-8-16(32-21(19)14-27)12-13-24-33(29,30)17-9-6-15(23)7-10-17/h2-7,9-10,16,19,21,24,27H,8,11-14H2,1H3,(H2,25,26,28)/t16-,19+,21+/m1/s1. The second-order valence-electron chi connectivity index (χ2n) is 7.60. The van der Waals surface area contributed by atoms with Gasteiger partial charge in [0.15, 0.2) is 0 Å². The maximum absolute atomic E-state index is 12.4. The average Bonchev–Trinajstić information content (AvgIpc) is 2.80. The SMILES string of the molecule is COc1ccccc1NC(=O)N[C@H]1CC[C@H](CCNS(=O)(=O)c2ccc(Cl)cc2)O[C@H]1CO. The zero-order valence-corrected chi connectivity index (χ0v) is 19.7. The van der Waals surface area contributed by atoms with Crippen LogP contribution in [-0.2, 0) is 14.8 Å². The smallest absolute Gasteiger partial charge is 0.319 e. The predicted molar refractivity (Wildman–Crippen MR) is 125 cm³/mol. The molecule has 3 atom stereocenters. The Hall–Kier alpha value is -2.37. The Balaban J connectivity index is 1.48. The van der Waals surface area contributed by atoms with Gasteiger partial charge in [0, 0.05) is 11.6 Å². The number of methoxy groups -OCH3 is 1. The van der Waals surface area contributed by atoms with Crippen LogP contribution in [0.4, 0.5) is 10.5 Å². The molecular weight excluding hydrogens is 470 g/mol. The number of aliphatic hydroxyl groups excluding tert-OH is 1. The highest BCUT2D eigenvalue weighted by Crippen LogP contribution is 2.24. The lowest BCUT2D eigenvalue weighted by Gasteiger charge is -2.36. The van der Waals surface area contributed by atoms with Crippen molar-refractivity contribution in [1.29, 1.82) is 0 Å². The van der Waals surface area contributed by atoms with Crippen LogP contribution in [0, 0.1) is 0 Å². The van der Waals surface area contributed by atoms with E-state index in [2.05, 4.69) is 15.4 Å². The fraction of sp³-hybridized carbons (Fsp3) is 0.409. The van der Waals surface area contributed by atoms with Crippen LogP contribution in [0.2, 0.25) is 5.02 Å². The second kappa shape index (κ2) is 11.7. The molecule has 0 unspecified atom stereocenters. The van der Waals surface area contributed by atoms with Crippen molar-refractivity contribution in [1.82, 2.24) is 10.0 Å². The van der Waals surface area contributed by atoms with E-state index >= 15 is 0 Å². The highest BCUT2D eigenvalue weighted by molar-refractivity contribution is 7.89. The van der Waals surface area contributed by atoms with Crippen molar-refractivity contribution in [2.24, 2.45) is 0 Å². The number of anilines is 1. The predicted octanol–water partition coefficient (Wildman–Crippen LogP) is 2.75. The van der Waals surface area contributed by atoms with Gasteiger partial charge in [-0.2, -0.15) is 0 Å². The summed E-state index contributed by atoms with van der Waals surface area (Å²) < 4.78 is 38.4. The van der Waals surface area contributed by atoms with E-state index in [1.165, 1.54) is 31.4 Å². The number of nitrogens with one attached hydrogen (secondary N) is 3. The van der Waals surface area contributed by atoms with E-state index in [1.807, 2.05) is 0 Å². The maximum atomic E-state index is 12.4. The third kappa shape index (κ3) is 7.05. The summed E-state index contributed by atoms with van der Waals surface area (Å²) in [5.74, 6) is 0.535. The van der Waals surface area contributed by atoms with Gasteiger partial charge in [-0.3, -0.25) is 0 Å². The van der Waals surface area contributed by atoms with Crippen molar-refractivity contribution >= 4 is 33.3 Å². The second-order valence-corrected chi connectivity index (χ2v) is 9.81. The topological polar surface area (TPSA) is 126 Å². The number of ether oxygens (including phenoxy) is 2. The van der Waals surface area contributed by atoms with Gasteiger partial charge in [-0.05, 0) is 55.7 Å². The van der Waals surface area contributed by atoms with Crippen molar-refractivity contribution in [2.75, 3.05) is 25.6 Å². The van der Waals surface area contributed by atoms with E-state index in [4.69, 9.17) is 21.1 Å². The van der Waals surface area contributed by atoms with E-state index in [9.17, 15) is 18.3 Å². The molecule has 1 fully saturated rings. The summed E-state index contributed by atoms with van der Waals surface area (Å²) in [6.45, 7) is -0.0905. The number of carbonyl (C=O) groups is 1. The van der Waals surface area contributed by atoms with Crippen LogP contribution in [0.3, 0.4) is 0 Å². The number of carbonyl (C=O) groups excluding carboxylic acids is 1. The molecule has 0 aromatic heterocycles. The number of rotatable bonds is 9. The summed E-state index contributed by atoms with van der Waals surface area (Å²) in [6, 6.07) is 12.1. The highest BCUT2D eigenvalue weighted by atomic mass is 35.5. The van der Waals surface area contributed by atoms with Gasteiger partial charge in [0.1, 0.15) is 11.9 Å². The van der Waals surface area contributed by atoms with E-state index in [-0.39, 0.29) is 30.2 Å². The number of para-hydroxylation sites is 2. The Morgan fingerprint density at radius 1 is 1.18 bits per heavy atom. The van der Waals surface area contributed by atoms with Gasteiger partial charge in [0.2, 0.25) is 10.0 Å². The fourth-order valence-corrected chi connectivity index (χ4v) is 4.81. The van der Waals surface area contributed by atoms with Crippen LogP contribution in [0.1, 0.15) is 19.3 Å². The molecule has 2 aromatic rings. The molecule has 33 heavy (non-hydrogen) atoms. The lowest BCUT2D eigenvalue weighted by atomic mass is 9.97. The van der Waals surface area contributed by atoms with Crippen LogP contribution < -0.4 is 20.1 Å². The lowest BCUT2D eigenvalue weighted by Crippen LogP contribution is -2.52. The van der Waals surface area contributed by atoms with Crippen LogP contribution in [0.25, 0.3) is 0 Å². The molecule has 2 aromatic carbocycles. The van der Waals surface area contributed by atoms with Crippen molar-refractivity contribution in [3.8, 4) is 5.75 Å². The zero-order valence-electron chi connectivity index (χ0n) is 18.2.